The van der Waals surface area contributed by atoms with Crippen molar-refractivity contribution in [2.24, 2.45) is 0 Å². The number of rotatable bonds is 4. The number of hydrogen-bond donors (Lipinski definition) is 1. The van der Waals surface area contributed by atoms with Gasteiger partial charge in [-0.2, -0.15) is 0 Å². The van der Waals surface area contributed by atoms with Crippen LogP contribution in [0.5, 0.6) is 0 Å². The molecule has 1 fully saturated rings. The zero-order chi connectivity index (χ0) is 19.1. The standard InChI is InChI=1S/C17H19ClN2O4S2/c1-12-7-8-14(20-9-4-10-25(20,21)22)11-16(12)19-26(23,24)17-6-3-5-15(18)13(17)2/h3,5-8,11,19H,4,9-10H2,1-2H3. The van der Waals surface area contributed by atoms with E-state index in [-0.39, 0.29) is 10.6 Å². The van der Waals surface area contributed by atoms with Gasteiger partial charge in [0.2, 0.25) is 10.0 Å². The molecule has 1 heterocycles. The second-order valence-electron chi connectivity index (χ2n) is 6.21. The first-order chi connectivity index (χ1) is 12.1. The molecule has 6 nitrogen and oxygen atoms in total. The van der Waals surface area contributed by atoms with Crippen LogP contribution in [0.25, 0.3) is 0 Å². The third-order valence-corrected chi connectivity index (χ3v) is 8.15. The third kappa shape index (κ3) is 3.54. The Labute approximate surface area is 158 Å². The SMILES string of the molecule is Cc1ccc(N2CCCS2(=O)=O)cc1NS(=O)(=O)c1cccc(Cl)c1C. The molecule has 0 aromatic heterocycles. The van der Waals surface area contributed by atoms with E-state index in [1.54, 1.807) is 44.2 Å². The molecule has 0 spiro atoms. The molecular formula is C17H19ClN2O4S2. The topological polar surface area (TPSA) is 83.6 Å². The first-order valence-corrected chi connectivity index (χ1v) is 11.5. The van der Waals surface area contributed by atoms with E-state index in [0.29, 0.717) is 40.5 Å². The molecule has 26 heavy (non-hydrogen) atoms. The maximum Gasteiger partial charge on any atom is 0.262 e. The summed E-state index contributed by atoms with van der Waals surface area (Å²) in [5.74, 6) is 0.101. The molecule has 1 aliphatic rings. The summed E-state index contributed by atoms with van der Waals surface area (Å²) in [5, 5.41) is 0.363. The van der Waals surface area contributed by atoms with Gasteiger partial charge in [-0.3, -0.25) is 9.03 Å². The van der Waals surface area contributed by atoms with Gasteiger partial charge in [0.1, 0.15) is 0 Å². The number of nitrogens with zero attached hydrogens (tertiary/aromatic N) is 1. The average Bonchev–Trinajstić information content (AvgIpc) is 2.91. The van der Waals surface area contributed by atoms with Gasteiger partial charge in [-0.15, -0.1) is 0 Å². The number of benzene rings is 2. The molecule has 0 saturated carbocycles. The Morgan fingerprint density at radius 3 is 2.54 bits per heavy atom. The summed E-state index contributed by atoms with van der Waals surface area (Å²) in [5.41, 5.74) is 1.93. The predicted octanol–water partition coefficient (Wildman–Crippen LogP) is 3.30. The van der Waals surface area contributed by atoms with Crippen LogP contribution in [0, 0.1) is 13.8 Å². The van der Waals surface area contributed by atoms with E-state index >= 15 is 0 Å². The van der Waals surface area contributed by atoms with Crippen molar-refractivity contribution in [2.75, 3.05) is 21.3 Å². The minimum Gasteiger partial charge on any atom is -0.279 e. The summed E-state index contributed by atoms with van der Waals surface area (Å²) in [4.78, 5) is 0.0867. The van der Waals surface area contributed by atoms with Crippen molar-refractivity contribution in [1.82, 2.24) is 0 Å². The van der Waals surface area contributed by atoms with Gasteiger partial charge in [0, 0.05) is 11.6 Å². The van der Waals surface area contributed by atoms with Crippen molar-refractivity contribution in [1.29, 1.82) is 0 Å². The molecule has 2 aromatic carbocycles. The Hall–Kier alpha value is -1.77. The number of aryl methyl sites for hydroxylation is 1. The maximum atomic E-state index is 12.8. The molecule has 1 aliphatic heterocycles. The van der Waals surface area contributed by atoms with Crippen LogP contribution in [0.4, 0.5) is 11.4 Å². The molecule has 0 atom stereocenters. The van der Waals surface area contributed by atoms with Crippen LogP contribution in [0.15, 0.2) is 41.3 Å². The number of halogens is 1. The van der Waals surface area contributed by atoms with Crippen molar-refractivity contribution in [3.8, 4) is 0 Å². The molecule has 2 aromatic rings. The molecule has 0 aliphatic carbocycles. The van der Waals surface area contributed by atoms with Crippen LogP contribution >= 0.6 is 11.6 Å². The van der Waals surface area contributed by atoms with Crippen molar-refractivity contribution in [2.45, 2.75) is 25.2 Å². The molecule has 0 radical (unpaired) electrons. The molecule has 140 valence electrons. The molecule has 3 rings (SSSR count). The summed E-state index contributed by atoms with van der Waals surface area (Å²) >= 11 is 6.03. The monoisotopic (exact) mass is 414 g/mol. The van der Waals surface area contributed by atoms with Gasteiger partial charge >= 0.3 is 0 Å². The zero-order valence-electron chi connectivity index (χ0n) is 14.4. The Morgan fingerprint density at radius 1 is 1.15 bits per heavy atom. The van der Waals surface area contributed by atoms with Gasteiger partial charge in [-0.1, -0.05) is 23.7 Å². The van der Waals surface area contributed by atoms with E-state index in [9.17, 15) is 16.8 Å². The van der Waals surface area contributed by atoms with E-state index in [2.05, 4.69) is 4.72 Å². The summed E-state index contributed by atoms with van der Waals surface area (Å²) in [6, 6.07) is 9.61. The van der Waals surface area contributed by atoms with Crippen LogP contribution in [0.3, 0.4) is 0 Å². The smallest absolute Gasteiger partial charge is 0.262 e. The van der Waals surface area contributed by atoms with E-state index in [1.165, 1.54) is 10.4 Å². The highest BCUT2D eigenvalue weighted by Crippen LogP contribution is 2.31. The summed E-state index contributed by atoms with van der Waals surface area (Å²) in [6.07, 6.45) is 0.555. The van der Waals surface area contributed by atoms with E-state index in [1.807, 2.05) is 0 Å². The molecule has 0 bridgehead atoms. The fraction of sp³-hybridized carbons (Fsp3) is 0.294. The van der Waals surface area contributed by atoms with E-state index in [0.717, 1.165) is 0 Å². The van der Waals surface area contributed by atoms with Gasteiger partial charge in [0.15, 0.2) is 0 Å². The molecule has 9 heteroatoms. The van der Waals surface area contributed by atoms with Gasteiger partial charge in [0.25, 0.3) is 10.0 Å². The lowest BCUT2D eigenvalue weighted by Gasteiger charge is -2.19. The first-order valence-electron chi connectivity index (χ1n) is 8.01. The summed E-state index contributed by atoms with van der Waals surface area (Å²) in [6.45, 7) is 3.78. The molecule has 1 saturated heterocycles. The fourth-order valence-corrected chi connectivity index (χ4v) is 6.06. The Morgan fingerprint density at radius 2 is 1.88 bits per heavy atom. The second-order valence-corrected chi connectivity index (χ2v) is 10.3. The van der Waals surface area contributed by atoms with Gasteiger partial charge < -0.3 is 0 Å². The van der Waals surface area contributed by atoms with Crippen LogP contribution < -0.4 is 9.03 Å². The number of nitrogens with one attached hydrogen (secondary N) is 1. The van der Waals surface area contributed by atoms with Gasteiger partial charge in [0.05, 0.1) is 22.0 Å². The zero-order valence-corrected chi connectivity index (χ0v) is 16.7. The Kier molecular flexibility index (Phi) is 4.94. The largest absolute Gasteiger partial charge is 0.279 e. The second kappa shape index (κ2) is 6.75. The van der Waals surface area contributed by atoms with E-state index in [4.69, 9.17) is 11.6 Å². The Bertz CT molecular complexity index is 1070. The first kappa shape index (κ1) is 19.0. The highest BCUT2D eigenvalue weighted by molar-refractivity contribution is 7.93. The van der Waals surface area contributed by atoms with Crippen LogP contribution in [0.2, 0.25) is 5.02 Å². The van der Waals surface area contributed by atoms with Crippen molar-refractivity contribution in [3.05, 3.63) is 52.5 Å². The summed E-state index contributed by atoms with van der Waals surface area (Å²) in [7, 11) is -7.20. The molecule has 0 amide bonds. The molecule has 0 unspecified atom stereocenters. The lowest BCUT2D eigenvalue weighted by atomic mass is 10.2. The highest BCUT2D eigenvalue weighted by atomic mass is 35.5. The lowest BCUT2D eigenvalue weighted by molar-refractivity contribution is 0.598. The highest BCUT2D eigenvalue weighted by Gasteiger charge is 2.29. The van der Waals surface area contributed by atoms with Gasteiger partial charge in [-0.25, -0.2) is 16.8 Å². The maximum absolute atomic E-state index is 12.8. The number of hydrogen-bond acceptors (Lipinski definition) is 4. The normalized spacial score (nSPS) is 16.7. The minimum atomic E-state index is -3.86. The molecule has 1 N–H and O–H groups in total. The lowest BCUT2D eigenvalue weighted by Crippen LogP contribution is -2.25. The Balaban J connectivity index is 2.00. The number of sulfonamides is 2. The van der Waals surface area contributed by atoms with Crippen LogP contribution in [-0.4, -0.2) is 29.1 Å². The van der Waals surface area contributed by atoms with Crippen LogP contribution in [0.1, 0.15) is 17.5 Å². The van der Waals surface area contributed by atoms with Gasteiger partial charge in [-0.05, 0) is 55.7 Å². The van der Waals surface area contributed by atoms with E-state index < -0.39 is 20.0 Å². The predicted molar refractivity (Wildman–Crippen MR) is 104 cm³/mol. The van der Waals surface area contributed by atoms with Crippen LogP contribution in [-0.2, 0) is 20.0 Å². The third-order valence-electron chi connectivity index (χ3n) is 4.36. The molecular weight excluding hydrogens is 396 g/mol. The van der Waals surface area contributed by atoms with Crippen molar-refractivity contribution >= 4 is 43.0 Å². The minimum absolute atomic E-state index is 0.0867. The average molecular weight is 415 g/mol. The van der Waals surface area contributed by atoms with Crippen molar-refractivity contribution < 1.29 is 16.8 Å². The summed E-state index contributed by atoms with van der Waals surface area (Å²) < 4.78 is 53.7. The van der Waals surface area contributed by atoms with Crippen molar-refractivity contribution in [3.63, 3.8) is 0 Å². The number of anilines is 2. The quantitative estimate of drug-likeness (QED) is 0.831. The fourth-order valence-electron chi connectivity index (χ4n) is 2.88.